The maximum Gasteiger partial charge on any atom is 0.224 e. The van der Waals surface area contributed by atoms with Gasteiger partial charge in [-0.3, -0.25) is 4.79 Å². The molecule has 0 unspecified atom stereocenters. The minimum atomic E-state index is -0.0264. The summed E-state index contributed by atoms with van der Waals surface area (Å²) in [7, 11) is 0. The number of ketones is 1. The van der Waals surface area contributed by atoms with Crippen LogP contribution < -0.4 is 4.74 Å². The zero-order valence-corrected chi connectivity index (χ0v) is 14.6. The largest absolute Gasteiger partial charge is 0.439 e. The van der Waals surface area contributed by atoms with Crippen LogP contribution in [0.1, 0.15) is 41.9 Å². The number of aromatic nitrogens is 4. The van der Waals surface area contributed by atoms with Crippen LogP contribution in [-0.4, -0.2) is 25.5 Å². The maximum atomic E-state index is 11.6. The van der Waals surface area contributed by atoms with E-state index < -0.39 is 0 Å². The number of aryl methyl sites for hydroxylation is 1. The van der Waals surface area contributed by atoms with Crippen molar-refractivity contribution in [2.75, 3.05) is 0 Å². The summed E-state index contributed by atoms with van der Waals surface area (Å²) < 4.78 is 7.42. The molecule has 6 nitrogen and oxygen atoms in total. The van der Waals surface area contributed by atoms with Gasteiger partial charge in [0.05, 0.1) is 17.5 Å². The number of hydrogen-bond acceptors (Lipinski definition) is 5. The van der Waals surface area contributed by atoms with Crippen LogP contribution >= 0.6 is 0 Å². The van der Waals surface area contributed by atoms with Gasteiger partial charge in [0.1, 0.15) is 12.1 Å². The molecule has 0 amide bonds. The van der Waals surface area contributed by atoms with E-state index in [1.54, 1.807) is 16.9 Å². The predicted octanol–water partition coefficient (Wildman–Crippen LogP) is 3.92. The molecule has 25 heavy (non-hydrogen) atoms. The Labute approximate surface area is 146 Å². The molecular formula is C19H20N4O2. The molecule has 128 valence electrons. The number of carbonyl (C=O) groups excluding carboxylic acids is 1. The summed E-state index contributed by atoms with van der Waals surface area (Å²) in [6.45, 7) is 5.51. The summed E-state index contributed by atoms with van der Waals surface area (Å²) in [5, 5.41) is 4.24. The highest BCUT2D eigenvalue weighted by Crippen LogP contribution is 2.22. The highest BCUT2D eigenvalue weighted by Gasteiger charge is 2.13. The van der Waals surface area contributed by atoms with E-state index >= 15 is 0 Å². The van der Waals surface area contributed by atoms with Crippen LogP contribution in [0, 0.1) is 6.92 Å². The molecule has 0 fully saturated rings. The van der Waals surface area contributed by atoms with Crippen LogP contribution in [-0.2, 0) is 6.42 Å². The van der Waals surface area contributed by atoms with E-state index in [0.29, 0.717) is 23.0 Å². The molecule has 0 N–H and O–H groups in total. The first-order chi connectivity index (χ1) is 12.1. The van der Waals surface area contributed by atoms with Crippen molar-refractivity contribution in [3.63, 3.8) is 0 Å². The lowest BCUT2D eigenvalue weighted by Gasteiger charge is -2.08. The summed E-state index contributed by atoms with van der Waals surface area (Å²) in [6, 6.07) is 9.67. The van der Waals surface area contributed by atoms with Gasteiger partial charge in [0.15, 0.2) is 11.6 Å². The van der Waals surface area contributed by atoms with Crippen LogP contribution in [0.5, 0.6) is 11.6 Å². The van der Waals surface area contributed by atoms with E-state index in [0.717, 1.165) is 18.5 Å². The smallest absolute Gasteiger partial charge is 0.224 e. The fourth-order valence-electron chi connectivity index (χ4n) is 2.62. The Balaban J connectivity index is 1.83. The van der Waals surface area contributed by atoms with Gasteiger partial charge in [-0.15, -0.1) is 0 Å². The number of carbonyl (C=O) groups is 1. The van der Waals surface area contributed by atoms with Crippen LogP contribution in [0.15, 0.2) is 42.9 Å². The van der Waals surface area contributed by atoms with Gasteiger partial charge >= 0.3 is 0 Å². The molecule has 2 aromatic heterocycles. The molecule has 3 rings (SSSR count). The second kappa shape index (κ2) is 7.25. The van der Waals surface area contributed by atoms with Crippen molar-refractivity contribution in [2.45, 2.75) is 33.6 Å². The second-order valence-electron chi connectivity index (χ2n) is 5.82. The summed E-state index contributed by atoms with van der Waals surface area (Å²) in [4.78, 5) is 20.0. The number of rotatable bonds is 6. The molecule has 0 radical (unpaired) electrons. The van der Waals surface area contributed by atoms with Crippen molar-refractivity contribution in [1.29, 1.82) is 0 Å². The second-order valence-corrected chi connectivity index (χ2v) is 5.82. The summed E-state index contributed by atoms with van der Waals surface area (Å²) >= 11 is 0. The molecule has 0 spiro atoms. The van der Waals surface area contributed by atoms with Crippen molar-refractivity contribution in [3.05, 3.63) is 59.7 Å². The Morgan fingerprint density at radius 2 is 1.96 bits per heavy atom. The van der Waals surface area contributed by atoms with Gasteiger partial charge in [-0.1, -0.05) is 25.5 Å². The van der Waals surface area contributed by atoms with Crippen LogP contribution in [0.3, 0.4) is 0 Å². The first-order valence-corrected chi connectivity index (χ1v) is 8.23. The topological polar surface area (TPSA) is 69.9 Å². The molecule has 0 bridgehead atoms. The van der Waals surface area contributed by atoms with Crippen molar-refractivity contribution in [1.82, 2.24) is 19.7 Å². The molecule has 3 aromatic rings. The fraction of sp³-hybridized carbons (Fsp3) is 0.263. The molecule has 0 saturated heterocycles. The van der Waals surface area contributed by atoms with Crippen molar-refractivity contribution >= 4 is 5.78 Å². The monoisotopic (exact) mass is 336 g/mol. The van der Waals surface area contributed by atoms with E-state index in [1.165, 1.54) is 18.8 Å². The third-order valence-electron chi connectivity index (χ3n) is 3.92. The first kappa shape index (κ1) is 16.8. The molecule has 1 aromatic carbocycles. The standard InChI is InChI=1S/C19H20N4O2/c1-4-5-15-6-8-16(9-7-15)25-19-10-18(20-12-21-19)23-13(2)17(11-22-23)14(3)24/h6-12H,4-5H2,1-3H3. The van der Waals surface area contributed by atoms with Crippen molar-refractivity contribution < 1.29 is 9.53 Å². The molecular weight excluding hydrogens is 316 g/mol. The minimum absolute atomic E-state index is 0.0264. The zero-order valence-electron chi connectivity index (χ0n) is 14.6. The van der Waals surface area contributed by atoms with E-state index in [4.69, 9.17) is 4.74 Å². The Bertz CT molecular complexity index is 885. The summed E-state index contributed by atoms with van der Waals surface area (Å²) in [6.07, 6.45) is 5.13. The van der Waals surface area contributed by atoms with Gasteiger partial charge in [-0.25, -0.2) is 14.6 Å². The zero-order chi connectivity index (χ0) is 17.8. The average Bonchev–Trinajstić information content (AvgIpc) is 2.99. The summed E-state index contributed by atoms with van der Waals surface area (Å²) in [5.74, 6) is 1.66. The minimum Gasteiger partial charge on any atom is -0.439 e. The number of nitrogens with zero attached hydrogens (tertiary/aromatic N) is 4. The molecule has 6 heteroatoms. The van der Waals surface area contributed by atoms with Crippen molar-refractivity contribution in [2.24, 2.45) is 0 Å². The third-order valence-corrected chi connectivity index (χ3v) is 3.92. The molecule has 0 aliphatic rings. The molecule has 0 aliphatic carbocycles. The van der Waals surface area contributed by atoms with E-state index in [1.807, 2.05) is 19.1 Å². The first-order valence-electron chi connectivity index (χ1n) is 8.23. The number of benzene rings is 1. The van der Waals surface area contributed by atoms with E-state index in [9.17, 15) is 4.79 Å². The van der Waals surface area contributed by atoms with Gasteiger partial charge in [0.2, 0.25) is 5.88 Å². The number of hydrogen-bond donors (Lipinski definition) is 0. The van der Waals surface area contributed by atoms with Gasteiger partial charge in [0, 0.05) is 6.07 Å². The lowest BCUT2D eigenvalue weighted by molar-refractivity contribution is 0.101. The SMILES string of the molecule is CCCc1ccc(Oc2cc(-n3ncc(C(C)=O)c3C)ncn2)cc1. The maximum absolute atomic E-state index is 11.6. The Morgan fingerprint density at radius 3 is 2.60 bits per heavy atom. The van der Waals surface area contributed by atoms with Gasteiger partial charge in [0.25, 0.3) is 0 Å². The highest BCUT2D eigenvalue weighted by atomic mass is 16.5. The van der Waals surface area contributed by atoms with Crippen LogP contribution in [0.25, 0.3) is 5.82 Å². The Morgan fingerprint density at radius 1 is 1.20 bits per heavy atom. The molecule has 0 atom stereocenters. The highest BCUT2D eigenvalue weighted by molar-refractivity contribution is 5.94. The average molecular weight is 336 g/mol. The normalized spacial score (nSPS) is 10.7. The fourth-order valence-corrected chi connectivity index (χ4v) is 2.62. The quantitative estimate of drug-likeness (QED) is 0.638. The lowest BCUT2D eigenvalue weighted by atomic mass is 10.1. The summed E-state index contributed by atoms with van der Waals surface area (Å²) in [5.41, 5.74) is 2.59. The van der Waals surface area contributed by atoms with E-state index in [2.05, 4.69) is 34.1 Å². The van der Waals surface area contributed by atoms with Gasteiger partial charge in [-0.05, 0) is 38.0 Å². The predicted molar refractivity (Wildman–Crippen MR) is 94.4 cm³/mol. The Hall–Kier alpha value is -3.02. The van der Waals surface area contributed by atoms with E-state index in [-0.39, 0.29) is 5.78 Å². The van der Waals surface area contributed by atoms with Gasteiger partial charge in [-0.2, -0.15) is 5.10 Å². The number of Topliss-reactive ketones (excluding diaryl/α,β-unsaturated/α-hetero) is 1. The lowest BCUT2D eigenvalue weighted by Crippen LogP contribution is -2.04. The van der Waals surface area contributed by atoms with Crippen molar-refractivity contribution in [3.8, 4) is 17.4 Å². The molecule has 0 saturated carbocycles. The molecule has 2 heterocycles. The van der Waals surface area contributed by atoms with Crippen LogP contribution in [0.2, 0.25) is 0 Å². The number of ether oxygens (including phenoxy) is 1. The third kappa shape index (κ3) is 3.74. The molecule has 0 aliphatic heterocycles. The Kier molecular flexibility index (Phi) is 4.88. The van der Waals surface area contributed by atoms with Crippen LogP contribution in [0.4, 0.5) is 0 Å². The van der Waals surface area contributed by atoms with Gasteiger partial charge < -0.3 is 4.74 Å².